The van der Waals surface area contributed by atoms with Crippen molar-refractivity contribution in [3.05, 3.63) is 143 Å². The Hall–Kier alpha value is -11.8. The lowest BCUT2D eigenvalue weighted by Gasteiger charge is -2.29. The Kier molecular flexibility index (Phi) is 44.5. The SMILES string of the molecule is CC(C)(C)CC(=O)CN.CC(C)(C)CC(=O)CNC(=O)[C@@H]1CC[C@@H]2CN1C(=O)N2OCc1ccccc1.CC(C)(C)CC(=O)O.CC(C)(C)Cc1nnc([C@@H]2CC[C@@H]3CN2C(=O)N3O)o1.CC(C)(C)Cc1nnc([C@@H]2CC[C@@H]3CN2C(=O)N3OCc2ccccc2)o1.CC(C)(N)Cc1nnc([C@@H]2CC[C@@H]3CN2C(=O)N3OS(=O)(=O)O)o1.COC(=O)CC(C)(C)C.NN.O.O=C(O)[C@@H]1CC[C@@H]2CN1C(=O)N2OCc1ccccc1. The summed E-state index contributed by atoms with van der Waals surface area (Å²) < 4.78 is 56.6. The number of Topliss-reactive ketones (excluding diaryl/α,β-unsaturated/α-hetero) is 2. The number of rotatable bonds is 27. The maximum absolute atomic E-state index is 12.9. The molecule has 0 unspecified atom stereocenters. The number of carboxylic acids is 2. The lowest BCUT2D eigenvalue weighted by molar-refractivity contribution is -0.144. The van der Waals surface area contributed by atoms with Gasteiger partial charge in [0.1, 0.15) is 55.8 Å². The van der Waals surface area contributed by atoms with Crippen LogP contribution in [-0.4, -0.2) is 281 Å². The molecular formula is C100H157N21O26S. The Labute approximate surface area is 865 Å². The minimum absolute atomic E-state index is 0. The van der Waals surface area contributed by atoms with Crippen molar-refractivity contribution in [1.29, 1.82) is 0 Å². The van der Waals surface area contributed by atoms with Gasteiger partial charge in [-0.3, -0.25) is 59.9 Å². The molecule has 0 aliphatic carbocycles. The van der Waals surface area contributed by atoms with E-state index in [4.69, 9.17) is 54.0 Å². The minimum atomic E-state index is -4.76. The Morgan fingerprint density at radius 2 is 0.736 bits per heavy atom. The number of nitrogens with one attached hydrogen (secondary N) is 1. The van der Waals surface area contributed by atoms with Crippen LogP contribution in [0.5, 0.6) is 0 Å². The van der Waals surface area contributed by atoms with E-state index < -0.39 is 58.1 Å². The quantitative estimate of drug-likeness (QED) is 0.00760. The molecule has 0 saturated carbocycles. The summed E-state index contributed by atoms with van der Waals surface area (Å²) >= 11 is 0. The number of carbonyl (C=O) groups is 11. The van der Waals surface area contributed by atoms with Crippen LogP contribution in [0.1, 0.15) is 299 Å². The average Bonchev–Trinajstić information content (AvgIpc) is 1.62. The van der Waals surface area contributed by atoms with Crippen LogP contribution in [0.15, 0.2) is 104 Å². The van der Waals surface area contributed by atoms with Crippen molar-refractivity contribution in [1.82, 2.24) is 85.7 Å². The standard InChI is InChI=1S/C21H29N3O4.C20H26N4O3.C14H16N2O4.C13H20N4O3.C12H19N5O6S.C7H15NO.C7H14O2.C6H12O2.H4N2.H2O/c1-21(2,3)11-17(25)12-22-19(26)18-10-9-16-13-23(18)20(27)24(16)28-14-15-7-5-4-6-8-15;1-20(2,3)11-17-21-22-18(27-17)16-10-9-15-12-23(16)19(25)24(15)26-13-14-7-5-4-6-8-14;17-13(18)12-7-6-11-8-15(12)14(19)16(11)20-9-10-4-2-1-3-5-10;1-13(2,3)6-10-14-15-11(20-10)9-5-4-8-7-16(9)12(18)17(8)19;1-12(2,13)5-9-14-15-10(22-9)8-4-3-7-6-16(8)11(18)17(7)23-24(19,20)21;1-7(2,3)4-6(9)5-8;1-7(2,3)5-6(8)9-4;1-6(2,3)4-5(7)8;1-2;/h4-8,16,18H,9-14H2,1-3H3,(H,22,26);4-8,15-16H,9-13H2,1-3H3;1-5,11-12H,6-9H2,(H,17,18);8-9,19H,4-7H2,1-3H3;7-8H,3-6,13H2,1-2H3,(H,19,20,21);4-5,8H2,1-3H3;5H2,1-4H3;4H2,1-3H3,(H,7,8);1-2H2;1H2/t16-,18+;15-,16+;11-,12+;8-,9+;7-,8+;;;;;/m11111...../s1. The number of carbonyl (C=O) groups excluding carboxylic acids is 9. The van der Waals surface area contributed by atoms with Gasteiger partial charge in [0.05, 0.1) is 63.3 Å². The highest BCUT2D eigenvalue weighted by molar-refractivity contribution is 7.80. The Morgan fingerprint density at radius 1 is 0.419 bits per heavy atom. The first-order valence-corrected chi connectivity index (χ1v) is 50.9. The largest absolute Gasteiger partial charge is 0.481 e. The van der Waals surface area contributed by atoms with Crippen molar-refractivity contribution in [3.8, 4) is 0 Å². The number of methoxy groups -OCH3 is 1. The number of ether oxygens (including phenoxy) is 1. The van der Waals surface area contributed by atoms with Crippen LogP contribution in [0.2, 0.25) is 0 Å². The molecule has 10 saturated heterocycles. The molecule has 48 heteroatoms. The monoisotopic (exact) mass is 2100 g/mol. The zero-order valence-electron chi connectivity index (χ0n) is 89.3. The highest BCUT2D eigenvalue weighted by atomic mass is 32.3. The third kappa shape index (κ3) is 38.6. The van der Waals surface area contributed by atoms with Gasteiger partial charge in [-0.05, 0) is 127 Å². The number of carboxylic acid groups (broad SMARTS) is 2. The summed E-state index contributed by atoms with van der Waals surface area (Å²) in [5, 5.41) is 60.0. The summed E-state index contributed by atoms with van der Waals surface area (Å²) in [7, 11) is -3.35. The Balaban J connectivity index is 0.000000235. The van der Waals surface area contributed by atoms with E-state index in [1.165, 1.54) is 32.1 Å². The number of benzene rings is 3. The molecule has 11 amide bonds. The fraction of sp³-hybridized carbons (Fsp3) is 0.650. The van der Waals surface area contributed by atoms with Gasteiger partial charge in [-0.2, -0.15) is 28.7 Å². The molecule has 3 aromatic carbocycles. The lowest BCUT2D eigenvalue weighted by atomic mass is 9.90. The van der Waals surface area contributed by atoms with Crippen LogP contribution in [0.25, 0.3) is 0 Å². The van der Waals surface area contributed by atoms with Gasteiger partial charge in [0.25, 0.3) is 0 Å². The molecule has 15 N–H and O–H groups in total. The number of nitrogens with zero attached hydrogens (tertiary/aromatic N) is 16. The first-order chi connectivity index (χ1) is 68.5. The summed E-state index contributed by atoms with van der Waals surface area (Å²) in [4.78, 5) is 154. The molecule has 6 aromatic rings. The fourth-order valence-electron chi connectivity index (χ4n) is 17.6. The molecular weight excluding hydrogens is 1940 g/mol. The molecule has 47 nitrogen and oxygen atoms in total. The molecule has 10 fully saturated rings. The summed E-state index contributed by atoms with van der Waals surface area (Å²) in [6.07, 6.45) is 10.1. The van der Waals surface area contributed by atoms with Crippen molar-refractivity contribution < 1.29 is 123 Å². The molecule has 10 aliphatic rings. The highest BCUT2D eigenvalue weighted by Gasteiger charge is 2.54. The van der Waals surface area contributed by atoms with Crippen LogP contribution in [0.4, 0.5) is 24.0 Å². The first-order valence-electron chi connectivity index (χ1n) is 49.5. The molecule has 3 aromatic heterocycles. The van der Waals surface area contributed by atoms with Crippen molar-refractivity contribution in [2.45, 2.75) is 333 Å². The van der Waals surface area contributed by atoms with Gasteiger partial charge in [0.15, 0.2) is 5.78 Å². The maximum atomic E-state index is 12.9. The maximum Gasteiger partial charge on any atom is 0.418 e. The number of hydrazine groups is 1. The van der Waals surface area contributed by atoms with E-state index in [9.17, 15) is 66.4 Å². The summed E-state index contributed by atoms with van der Waals surface area (Å²) in [5.41, 5.74) is 13.7. The van der Waals surface area contributed by atoms with E-state index in [-0.39, 0.29) is 154 Å². The zero-order valence-corrected chi connectivity index (χ0v) is 90.1. The van der Waals surface area contributed by atoms with Crippen LogP contribution in [0.3, 0.4) is 0 Å². The summed E-state index contributed by atoms with van der Waals surface area (Å²) in [5.74, 6) is 8.95. The number of aromatic nitrogens is 6. The van der Waals surface area contributed by atoms with Crippen molar-refractivity contribution in [2.75, 3.05) is 52.9 Å². The number of piperidine rings is 5. The van der Waals surface area contributed by atoms with Gasteiger partial charge in [-0.1, -0.05) is 216 Å². The number of hydrogen-bond donors (Lipinski definition) is 9. The normalized spacial score (nSPS) is 21.2. The fourth-order valence-corrected chi connectivity index (χ4v) is 18.0. The first kappa shape index (κ1) is 123. The zero-order chi connectivity index (χ0) is 109. The van der Waals surface area contributed by atoms with E-state index in [1.54, 1.807) is 14.7 Å². The molecule has 10 atom stereocenters. The van der Waals surface area contributed by atoms with Crippen LogP contribution >= 0.6 is 0 Å². The van der Waals surface area contributed by atoms with Crippen LogP contribution < -0.4 is 28.5 Å². The molecule has 824 valence electrons. The molecule has 16 rings (SSSR count). The van der Waals surface area contributed by atoms with E-state index in [0.29, 0.717) is 151 Å². The van der Waals surface area contributed by atoms with E-state index in [1.807, 2.05) is 188 Å². The topological polar surface area (TPSA) is 646 Å². The second-order valence-electron chi connectivity index (χ2n) is 45.8. The molecule has 13 heterocycles. The summed E-state index contributed by atoms with van der Waals surface area (Å²) in [6.45, 7) is 43.7. The summed E-state index contributed by atoms with van der Waals surface area (Å²) in [6, 6.07) is 24.7. The number of hydrogen-bond acceptors (Lipinski definition) is 32. The Morgan fingerprint density at radius 3 is 1.06 bits per heavy atom. The van der Waals surface area contributed by atoms with Gasteiger partial charge >= 0.3 is 58.5 Å². The Bertz CT molecular complexity index is 5410. The third-order valence-electron chi connectivity index (χ3n) is 24.0. The lowest BCUT2D eigenvalue weighted by Crippen LogP contribution is -2.50. The number of fused-ring (bicyclic) bond motifs is 10. The minimum Gasteiger partial charge on any atom is -0.481 e. The number of ketones is 2. The van der Waals surface area contributed by atoms with E-state index in [0.717, 1.165) is 53.9 Å². The van der Waals surface area contributed by atoms with Crippen molar-refractivity contribution in [2.24, 2.45) is 55.6 Å². The van der Waals surface area contributed by atoms with Gasteiger partial charge < -0.3 is 75.0 Å². The van der Waals surface area contributed by atoms with E-state index >= 15 is 0 Å². The predicted molar refractivity (Wildman–Crippen MR) is 538 cm³/mol. The third-order valence-corrected chi connectivity index (χ3v) is 24.4. The molecule has 0 spiro atoms. The number of amides is 11. The number of aliphatic carboxylic acids is 2. The smallest absolute Gasteiger partial charge is 0.418 e. The van der Waals surface area contributed by atoms with Crippen LogP contribution in [-0.2, 0) is 102 Å². The average molecular weight is 2100 g/mol. The van der Waals surface area contributed by atoms with Gasteiger partial charge in [0, 0.05) is 70.4 Å². The van der Waals surface area contributed by atoms with E-state index in [2.05, 4.69) is 98.2 Å². The number of hydroxylamine groups is 10. The molecule has 148 heavy (non-hydrogen) atoms. The second kappa shape index (κ2) is 53.5. The van der Waals surface area contributed by atoms with Crippen LogP contribution in [0, 0.1) is 32.5 Å². The highest BCUT2D eigenvalue weighted by Crippen LogP contribution is 2.43. The van der Waals surface area contributed by atoms with Gasteiger partial charge in [0.2, 0.25) is 41.3 Å². The second-order valence-corrected chi connectivity index (χ2v) is 46.8. The van der Waals surface area contributed by atoms with Crippen molar-refractivity contribution in [3.63, 3.8) is 0 Å². The van der Waals surface area contributed by atoms with Crippen molar-refractivity contribution >= 4 is 75.9 Å². The van der Waals surface area contributed by atoms with Gasteiger partial charge in [-0.25, -0.2) is 33.8 Å². The molecule has 0 radical (unpaired) electrons. The number of esters is 1. The number of urea groups is 5. The predicted octanol–water partition coefficient (Wildman–Crippen LogP) is 11.8. The molecule has 10 aliphatic heterocycles. The molecule has 10 bridgehead atoms. The van der Waals surface area contributed by atoms with Gasteiger partial charge in [-0.15, -0.1) is 34.9 Å². The number of nitrogens with two attached hydrogens (primary N) is 4.